The molecule has 2 atom stereocenters. The van der Waals surface area contributed by atoms with Crippen LogP contribution in [0.3, 0.4) is 0 Å². The van der Waals surface area contributed by atoms with E-state index in [0.717, 1.165) is 19.0 Å². The highest BCUT2D eigenvalue weighted by molar-refractivity contribution is 7.98. The number of hydrogen-bond acceptors (Lipinski definition) is 3. The minimum Gasteiger partial charge on any atom is -0.305 e. The van der Waals surface area contributed by atoms with Crippen LogP contribution in [0.1, 0.15) is 19.4 Å². The molecule has 1 fully saturated rings. The zero-order chi connectivity index (χ0) is 13.7. The van der Waals surface area contributed by atoms with Crippen LogP contribution in [0.25, 0.3) is 0 Å². The first-order valence-electron chi connectivity index (χ1n) is 7.16. The molecule has 1 aromatic rings. The van der Waals surface area contributed by atoms with Gasteiger partial charge in [0, 0.05) is 26.2 Å². The minimum atomic E-state index is 0.0958. The van der Waals surface area contributed by atoms with Gasteiger partial charge in [-0.15, -0.1) is 0 Å². The molecule has 2 nitrogen and oxygen atoms in total. The van der Waals surface area contributed by atoms with Gasteiger partial charge in [0.25, 0.3) is 0 Å². The van der Waals surface area contributed by atoms with Crippen molar-refractivity contribution < 1.29 is 0 Å². The van der Waals surface area contributed by atoms with Gasteiger partial charge < -0.3 is 5.32 Å². The molecule has 106 valence electrons. The Morgan fingerprint density at radius 1 is 1.37 bits per heavy atom. The summed E-state index contributed by atoms with van der Waals surface area (Å²) in [4.78, 5) is 2.62. The van der Waals surface area contributed by atoms with Crippen LogP contribution in [-0.4, -0.2) is 43.1 Å². The van der Waals surface area contributed by atoms with E-state index in [1.54, 1.807) is 0 Å². The molecule has 1 saturated heterocycles. The maximum atomic E-state index is 3.70. The molecule has 2 unspecified atom stereocenters. The Kier molecular flexibility index (Phi) is 5.31. The van der Waals surface area contributed by atoms with Crippen molar-refractivity contribution >= 4 is 11.8 Å². The molecular weight excluding hydrogens is 252 g/mol. The first kappa shape index (κ1) is 14.9. The van der Waals surface area contributed by atoms with E-state index in [2.05, 4.69) is 60.7 Å². The number of nitrogens with zero attached hydrogens (tertiary/aromatic N) is 1. The lowest BCUT2D eigenvalue weighted by Gasteiger charge is -2.42. The van der Waals surface area contributed by atoms with Crippen LogP contribution in [-0.2, 0) is 5.54 Å². The molecular formula is C16H26N2S. The van der Waals surface area contributed by atoms with E-state index in [4.69, 9.17) is 0 Å². The molecule has 19 heavy (non-hydrogen) atoms. The van der Waals surface area contributed by atoms with Gasteiger partial charge >= 0.3 is 0 Å². The largest absolute Gasteiger partial charge is 0.305 e. The molecule has 1 aliphatic rings. The third kappa shape index (κ3) is 3.98. The third-order valence-corrected chi connectivity index (χ3v) is 4.82. The van der Waals surface area contributed by atoms with Gasteiger partial charge in [-0.1, -0.05) is 37.3 Å². The van der Waals surface area contributed by atoms with Gasteiger partial charge in [-0.2, -0.15) is 11.8 Å². The average molecular weight is 278 g/mol. The molecule has 3 heteroatoms. The van der Waals surface area contributed by atoms with Crippen molar-refractivity contribution in [3.63, 3.8) is 0 Å². The number of thioether (sulfide) groups is 1. The standard InChI is InChI=1S/C16H26N2S/c1-14(12-19-3)11-18-10-9-17-16(2,13-18)15-7-5-4-6-8-15/h4-8,14,17H,9-13H2,1-3H3. The smallest absolute Gasteiger partial charge is 0.0535 e. The highest BCUT2D eigenvalue weighted by Crippen LogP contribution is 2.24. The molecule has 0 saturated carbocycles. The number of hydrogen-bond donors (Lipinski definition) is 1. The summed E-state index contributed by atoms with van der Waals surface area (Å²) in [5.41, 5.74) is 1.50. The molecule has 0 spiro atoms. The van der Waals surface area contributed by atoms with E-state index < -0.39 is 0 Å². The summed E-state index contributed by atoms with van der Waals surface area (Å²) in [6.07, 6.45) is 2.20. The molecule has 2 rings (SSSR count). The van der Waals surface area contributed by atoms with Crippen LogP contribution in [0, 0.1) is 5.92 Å². The third-order valence-electron chi connectivity index (χ3n) is 3.92. The molecule has 0 aromatic heterocycles. The van der Waals surface area contributed by atoms with Gasteiger partial charge in [-0.3, -0.25) is 4.90 Å². The van der Waals surface area contributed by atoms with E-state index in [1.165, 1.54) is 24.4 Å². The Morgan fingerprint density at radius 3 is 2.79 bits per heavy atom. The summed E-state index contributed by atoms with van der Waals surface area (Å²) in [7, 11) is 0. The molecule has 1 aromatic carbocycles. The van der Waals surface area contributed by atoms with Gasteiger partial charge in [0.05, 0.1) is 5.54 Å². The van der Waals surface area contributed by atoms with E-state index in [9.17, 15) is 0 Å². The van der Waals surface area contributed by atoms with Gasteiger partial charge in [0.15, 0.2) is 0 Å². The molecule has 1 aliphatic heterocycles. The van der Waals surface area contributed by atoms with E-state index in [-0.39, 0.29) is 5.54 Å². The Balaban J connectivity index is 2.00. The Morgan fingerprint density at radius 2 is 2.11 bits per heavy atom. The molecule has 0 aliphatic carbocycles. The second kappa shape index (κ2) is 6.78. The number of rotatable bonds is 5. The predicted molar refractivity (Wildman–Crippen MR) is 85.8 cm³/mol. The SMILES string of the molecule is CSCC(C)CN1CCNC(C)(c2ccccc2)C1. The van der Waals surface area contributed by atoms with E-state index >= 15 is 0 Å². The zero-order valence-electron chi connectivity index (χ0n) is 12.4. The zero-order valence-corrected chi connectivity index (χ0v) is 13.2. The Labute approximate surface area is 122 Å². The minimum absolute atomic E-state index is 0.0958. The second-order valence-corrected chi connectivity index (χ2v) is 6.83. The summed E-state index contributed by atoms with van der Waals surface area (Å²) in [6.45, 7) is 9.26. The van der Waals surface area contributed by atoms with Crippen LogP contribution in [0.2, 0.25) is 0 Å². The van der Waals surface area contributed by atoms with Crippen LogP contribution in [0.5, 0.6) is 0 Å². The Hall–Kier alpha value is -0.510. The topological polar surface area (TPSA) is 15.3 Å². The van der Waals surface area contributed by atoms with Crippen molar-refractivity contribution in [2.45, 2.75) is 19.4 Å². The lowest BCUT2D eigenvalue weighted by molar-refractivity contribution is 0.131. The first-order chi connectivity index (χ1) is 9.14. The van der Waals surface area contributed by atoms with Gasteiger partial charge in [0.2, 0.25) is 0 Å². The van der Waals surface area contributed by atoms with Crippen molar-refractivity contribution in [3.05, 3.63) is 35.9 Å². The van der Waals surface area contributed by atoms with Gasteiger partial charge in [0.1, 0.15) is 0 Å². The van der Waals surface area contributed by atoms with E-state index in [0.29, 0.717) is 0 Å². The van der Waals surface area contributed by atoms with Crippen molar-refractivity contribution in [1.29, 1.82) is 0 Å². The van der Waals surface area contributed by atoms with Crippen LogP contribution < -0.4 is 5.32 Å². The summed E-state index contributed by atoms with van der Waals surface area (Å²) in [6, 6.07) is 10.8. The summed E-state index contributed by atoms with van der Waals surface area (Å²) >= 11 is 1.95. The van der Waals surface area contributed by atoms with Crippen molar-refractivity contribution in [2.24, 2.45) is 5.92 Å². The summed E-state index contributed by atoms with van der Waals surface area (Å²) < 4.78 is 0. The quantitative estimate of drug-likeness (QED) is 0.891. The number of piperazine rings is 1. The Bertz CT molecular complexity index is 382. The lowest BCUT2D eigenvalue weighted by Crippen LogP contribution is -2.57. The van der Waals surface area contributed by atoms with Gasteiger partial charge in [-0.05, 0) is 30.4 Å². The molecule has 0 amide bonds. The average Bonchev–Trinajstić information content (AvgIpc) is 2.40. The highest BCUT2D eigenvalue weighted by atomic mass is 32.2. The molecule has 0 bridgehead atoms. The monoisotopic (exact) mass is 278 g/mol. The summed E-state index contributed by atoms with van der Waals surface area (Å²) in [5.74, 6) is 2.03. The maximum Gasteiger partial charge on any atom is 0.0535 e. The number of nitrogens with one attached hydrogen (secondary N) is 1. The lowest BCUT2D eigenvalue weighted by atomic mass is 9.89. The highest BCUT2D eigenvalue weighted by Gasteiger charge is 2.32. The fraction of sp³-hybridized carbons (Fsp3) is 0.625. The van der Waals surface area contributed by atoms with Crippen LogP contribution in [0.4, 0.5) is 0 Å². The van der Waals surface area contributed by atoms with E-state index in [1.807, 2.05) is 11.8 Å². The second-order valence-electron chi connectivity index (χ2n) is 5.92. The van der Waals surface area contributed by atoms with Crippen LogP contribution >= 0.6 is 11.8 Å². The van der Waals surface area contributed by atoms with Crippen molar-refractivity contribution in [2.75, 3.05) is 38.2 Å². The fourth-order valence-electron chi connectivity index (χ4n) is 3.01. The fourth-order valence-corrected chi connectivity index (χ4v) is 3.68. The predicted octanol–water partition coefficient (Wildman–Crippen LogP) is 2.81. The summed E-state index contributed by atoms with van der Waals surface area (Å²) in [5, 5.41) is 3.70. The molecule has 1 N–H and O–H groups in total. The van der Waals surface area contributed by atoms with Crippen molar-refractivity contribution in [1.82, 2.24) is 10.2 Å². The first-order valence-corrected chi connectivity index (χ1v) is 8.55. The van der Waals surface area contributed by atoms with Crippen LogP contribution in [0.15, 0.2) is 30.3 Å². The molecule has 1 heterocycles. The number of benzene rings is 1. The van der Waals surface area contributed by atoms with Crippen molar-refractivity contribution in [3.8, 4) is 0 Å². The maximum absolute atomic E-state index is 3.70. The molecule has 0 radical (unpaired) electrons. The normalized spacial score (nSPS) is 26.3. The van der Waals surface area contributed by atoms with Gasteiger partial charge in [-0.25, -0.2) is 0 Å².